The summed E-state index contributed by atoms with van der Waals surface area (Å²) in [5.74, 6) is 0.166. The van der Waals surface area contributed by atoms with Crippen LogP contribution in [0.3, 0.4) is 0 Å². The summed E-state index contributed by atoms with van der Waals surface area (Å²) in [5, 5.41) is 6.95. The highest BCUT2D eigenvalue weighted by atomic mass is 16.5. The van der Waals surface area contributed by atoms with E-state index in [4.69, 9.17) is 9.47 Å². The number of carbonyl (C=O) groups is 1. The van der Waals surface area contributed by atoms with Gasteiger partial charge in [-0.05, 0) is 6.07 Å². The Morgan fingerprint density at radius 2 is 2.10 bits per heavy atom. The first-order valence-corrected chi connectivity index (χ1v) is 7.01. The number of ether oxygens (including phenoxy) is 2. The topological polar surface area (TPSA) is 70.7 Å². The summed E-state index contributed by atoms with van der Waals surface area (Å²) < 4.78 is 10.8. The minimum atomic E-state index is 0.0799. The van der Waals surface area contributed by atoms with Crippen LogP contribution < -0.4 is 0 Å². The fourth-order valence-corrected chi connectivity index (χ4v) is 2.65. The molecule has 0 saturated carbocycles. The van der Waals surface area contributed by atoms with Crippen molar-refractivity contribution in [2.24, 2.45) is 0 Å². The highest BCUT2D eigenvalue weighted by Crippen LogP contribution is 2.22. The van der Waals surface area contributed by atoms with E-state index in [1.807, 2.05) is 11.0 Å². The number of morpholine rings is 2. The first-order chi connectivity index (χ1) is 9.84. The van der Waals surface area contributed by atoms with Gasteiger partial charge in [-0.25, -0.2) is 0 Å². The van der Waals surface area contributed by atoms with Crippen LogP contribution in [0.25, 0.3) is 0 Å². The van der Waals surface area contributed by atoms with E-state index >= 15 is 0 Å². The zero-order valence-electron chi connectivity index (χ0n) is 11.5. The molecule has 1 N–H and O–H groups in total. The summed E-state index contributed by atoms with van der Waals surface area (Å²) in [7, 11) is 0. The Kier molecular flexibility index (Phi) is 4.29. The Bertz CT molecular complexity index is 431. The molecule has 1 aromatic rings. The van der Waals surface area contributed by atoms with Gasteiger partial charge in [0.05, 0.1) is 44.7 Å². The van der Waals surface area contributed by atoms with E-state index in [0.717, 1.165) is 12.2 Å². The normalized spacial score (nSPS) is 24.8. The lowest BCUT2D eigenvalue weighted by Gasteiger charge is -2.36. The van der Waals surface area contributed by atoms with Crippen molar-refractivity contribution in [3.8, 4) is 0 Å². The summed E-state index contributed by atoms with van der Waals surface area (Å²) in [6.45, 7) is 5.11. The van der Waals surface area contributed by atoms with Gasteiger partial charge in [-0.3, -0.25) is 14.8 Å². The number of amides is 1. The first-order valence-electron chi connectivity index (χ1n) is 7.01. The molecule has 3 heterocycles. The molecule has 7 nitrogen and oxygen atoms in total. The van der Waals surface area contributed by atoms with Crippen LogP contribution in [0.2, 0.25) is 0 Å². The molecule has 0 spiro atoms. The van der Waals surface area contributed by atoms with Gasteiger partial charge >= 0.3 is 0 Å². The van der Waals surface area contributed by atoms with Gasteiger partial charge in [0, 0.05) is 25.8 Å². The minimum absolute atomic E-state index is 0.0799. The molecule has 0 aliphatic carbocycles. The van der Waals surface area contributed by atoms with Crippen LogP contribution in [-0.2, 0) is 14.3 Å². The Hall–Kier alpha value is -1.44. The third-order valence-electron chi connectivity index (χ3n) is 3.82. The van der Waals surface area contributed by atoms with Crippen LogP contribution in [0.1, 0.15) is 11.7 Å². The van der Waals surface area contributed by atoms with Gasteiger partial charge in [-0.2, -0.15) is 5.10 Å². The molecule has 1 aromatic heterocycles. The largest absolute Gasteiger partial charge is 0.378 e. The zero-order chi connectivity index (χ0) is 13.8. The molecule has 7 heteroatoms. The molecular weight excluding hydrogens is 260 g/mol. The second kappa shape index (κ2) is 6.34. The van der Waals surface area contributed by atoms with Crippen molar-refractivity contribution in [3.05, 3.63) is 18.0 Å². The summed E-state index contributed by atoms with van der Waals surface area (Å²) in [4.78, 5) is 16.4. The van der Waals surface area contributed by atoms with Crippen molar-refractivity contribution in [2.45, 2.75) is 6.04 Å². The molecule has 0 radical (unpaired) electrons. The molecule has 1 unspecified atom stereocenters. The van der Waals surface area contributed by atoms with E-state index < -0.39 is 0 Å². The molecule has 110 valence electrons. The predicted octanol–water partition coefficient (Wildman–Crippen LogP) is -0.358. The first kappa shape index (κ1) is 13.5. The summed E-state index contributed by atoms with van der Waals surface area (Å²) in [6, 6.07) is 2.02. The fourth-order valence-electron chi connectivity index (χ4n) is 2.65. The standard InChI is InChI=1S/C13H20N4O3/c18-13(16-3-6-19-7-4-16)9-17-5-8-20-10-12(17)11-1-2-14-15-11/h1-2,12H,3-10H2,(H,14,15). The minimum Gasteiger partial charge on any atom is -0.378 e. The number of aromatic nitrogens is 2. The molecule has 2 fully saturated rings. The smallest absolute Gasteiger partial charge is 0.236 e. The van der Waals surface area contributed by atoms with E-state index in [2.05, 4.69) is 15.1 Å². The number of nitrogens with zero attached hydrogens (tertiary/aromatic N) is 3. The molecule has 1 atom stereocenters. The van der Waals surface area contributed by atoms with E-state index in [-0.39, 0.29) is 11.9 Å². The number of H-pyrrole nitrogens is 1. The third-order valence-corrected chi connectivity index (χ3v) is 3.82. The van der Waals surface area contributed by atoms with Gasteiger partial charge in [0.25, 0.3) is 0 Å². The van der Waals surface area contributed by atoms with Crippen molar-refractivity contribution in [2.75, 3.05) is 52.6 Å². The maximum Gasteiger partial charge on any atom is 0.236 e. The zero-order valence-corrected chi connectivity index (χ0v) is 11.5. The van der Waals surface area contributed by atoms with Gasteiger partial charge in [0.15, 0.2) is 0 Å². The number of carbonyl (C=O) groups excluding carboxylic acids is 1. The lowest BCUT2D eigenvalue weighted by Crippen LogP contribution is -2.49. The van der Waals surface area contributed by atoms with E-state index in [0.29, 0.717) is 46.1 Å². The Balaban J connectivity index is 1.63. The van der Waals surface area contributed by atoms with Gasteiger partial charge in [0.2, 0.25) is 5.91 Å². The van der Waals surface area contributed by atoms with E-state index in [1.165, 1.54) is 0 Å². The maximum atomic E-state index is 12.3. The molecule has 3 rings (SSSR count). The lowest BCUT2D eigenvalue weighted by molar-refractivity contribution is -0.138. The molecule has 0 bridgehead atoms. The lowest BCUT2D eigenvalue weighted by atomic mass is 10.1. The average molecular weight is 280 g/mol. The Labute approximate surface area is 117 Å². The second-order valence-corrected chi connectivity index (χ2v) is 5.07. The average Bonchev–Trinajstić information content (AvgIpc) is 3.03. The van der Waals surface area contributed by atoms with E-state index in [9.17, 15) is 4.79 Å². The number of nitrogens with one attached hydrogen (secondary N) is 1. The van der Waals surface area contributed by atoms with Crippen molar-refractivity contribution in [3.63, 3.8) is 0 Å². The summed E-state index contributed by atoms with van der Waals surface area (Å²) in [6.07, 6.45) is 1.73. The molecule has 2 saturated heterocycles. The highest BCUT2D eigenvalue weighted by Gasteiger charge is 2.29. The monoisotopic (exact) mass is 280 g/mol. The van der Waals surface area contributed by atoms with Gasteiger partial charge < -0.3 is 14.4 Å². The van der Waals surface area contributed by atoms with Crippen molar-refractivity contribution >= 4 is 5.91 Å². The van der Waals surface area contributed by atoms with E-state index in [1.54, 1.807) is 6.20 Å². The number of hydrogen-bond acceptors (Lipinski definition) is 5. The summed E-state index contributed by atoms with van der Waals surface area (Å²) >= 11 is 0. The van der Waals surface area contributed by atoms with Crippen molar-refractivity contribution < 1.29 is 14.3 Å². The number of rotatable bonds is 3. The number of hydrogen-bond donors (Lipinski definition) is 1. The van der Waals surface area contributed by atoms with Crippen LogP contribution in [0, 0.1) is 0 Å². The van der Waals surface area contributed by atoms with Crippen LogP contribution in [0.5, 0.6) is 0 Å². The SMILES string of the molecule is O=C(CN1CCOCC1c1ccn[nH]1)N1CCOCC1. The fraction of sp³-hybridized carbons (Fsp3) is 0.692. The van der Waals surface area contributed by atoms with Crippen LogP contribution in [0.15, 0.2) is 12.3 Å². The van der Waals surface area contributed by atoms with Gasteiger partial charge in [0.1, 0.15) is 0 Å². The Morgan fingerprint density at radius 1 is 1.30 bits per heavy atom. The van der Waals surface area contributed by atoms with Crippen LogP contribution >= 0.6 is 0 Å². The van der Waals surface area contributed by atoms with Gasteiger partial charge in [-0.15, -0.1) is 0 Å². The second-order valence-electron chi connectivity index (χ2n) is 5.07. The highest BCUT2D eigenvalue weighted by molar-refractivity contribution is 5.78. The molecule has 1 amide bonds. The van der Waals surface area contributed by atoms with Crippen molar-refractivity contribution in [1.82, 2.24) is 20.0 Å². The number of aromatic amines is 1. The van der Waals surface area contributed by atoms with Crippen molar-refractivity contribution in [1.29, 1.82) is 0 Å². The van der Waals surface area contributed by atoms with Gasteiger partial charge in [-0.1, -0.05) is 0 Å². The molecule has 2 aliphatic heterocycles. The predicted molar refractivity (Wildman–Crippen MR) is 71.1 cm³/mol. The molecule has 20 heavy (non-hydrogen) atoms. The summed E-state index contributed by atoms with van der Waals surface area (Å²) in [5.41, 5.74) is 1.000. The molecular formula is C13H20N4O3. The van der Waals surface area contributed by atoms with Crippen LogP contribution in [0.4, 0.5) is 0 Å². The molecule has 2 aliphatic rings. The quantitative estimate of drug-likeness (QED) is 0.819. The molecule has 0 aromatic carbocycles. The van der Waals surface area contributed by atoms with Crippen LogP contribution in [-0.4, -0.2) is 78.5 Å². The maximum absolute atomic E-state index is 12.3. The Morgan fingerprint density at radius 3 is 2.85 bits per heavy atom. The third kappa shape index (κ3) is 3.00.